The van der Waals surface area contributed by atoms with Crippen LogP contribution in [-0.2, 0) is 70.3 Å². The van der Waals surface area contributed by atoms with E-state index in [-0.39, 0.29) is 130 Å². The van der Waals surface area contributed by atoms with Crippen molar-refractivity contribution in [2.45, 2.75) is 114 Å². The Kier molecular flexibility index (Phi) is 35.4. The number of Topliss-reactive ketones (excluding diaryl/α,β-unsaturated/α-hetero) is 2. The van der Waals surface area contributed by atoms with Gasteiger partial charge in [0.05, 0.1) is 113 Å². The molecule has 0 fully saturated rings. The number of ether oxygens (including phenoxy) is 9. The molecular formula is C92H103Cl3F3N7O18. The number of ketones is 2. The number of methoxy groups -OCH3 is 5. The number of carbonyl (C=O) groups is 4. The third-order valence-corrected chi connectivity index (χ3v) is 20.8. The summed E-state index contributed by atoms with van der Waals surface area (Å²) in [6.07, 6.45) is -1.37. The number of rotatable bonds is 38. The van der Waals surface area contributed by atoms with Crippen LogP contribution in [0.2, 0.25) is 15.1 Å². The maximum absolute atomic E-state index is 14.1. The molecule has 10 rings (SSSR count). The number of aliphatic hydroxyl groups excluding tert-OH is 2. The maximum atomic E-state index is 14.1. The Hall–Kier alpha value is -10.7. The third-order valence-electron chi connectivity index (χ3n) is 19.9. The topological polar surface area (TPSA) is 367 Å². The molecule has 7 aromatic carbocycles. The minimum absolute atomic E-state index is 0.00851. The first kappa shape index (κ1) is 97.8. The lowest BCUT2D eigenvalue weighted by molar-refractivity contribution is 0.0393. The summed E-state index contributed by atoms with van der Waals surface area (Å²) in [6.45, 7) is 10.1. The van der Waals surface area contributed by atoms with Crippen LogP contribution in [0.25, 0.3) is 33.8 Å². The predicted octanol–water partition coefficient (Wildman–Crippen LogP) is 15.7. The van der Waals surface area contributed by atoms with Gasteiger partial charge in [-0.1, -0.05) is 95.5 Å². The molecular weight excluding hydrogens is 1650 g/mol. The summed E-state index contributed by atoms with van der Waals surface area (Å²) in [6, 6.07) is 50.7. The van der Waals surface area contributed by atoms with Crippen molar-refractivity contribution in [1.82, 2.24) is 25.6 Å². The van der Waals surface area contributed by atoms with Gasteiger partial charge in [-0.25, -0.2) is 37.7 Å². The van der Waals surface area contributed by atoms with Gasteiger partial charge in [-0.3, -0.25) is 9.59 Å². The molecule has 123 heavy (non-hydrogen) atoms. The Morgan fingerprint density at radius 2 is 0.772 bits per heavy atom. The summed E-state index contributed by atoms with van der Waals surface area (Å²) in [5, 5.41) is 57.7. The highest BCUT2D eigenvalue weighted by Crippen LogP contribution is 2.40. The summed E-state index contributed by atoms with van der Waals surface area (Å²) < 4.78 is 90.3. The monoisotopic (exact) mass is 1760 g/mol. The van der Waals surface area contributed by atoms with Crippen LogP contribution in [0.1, 0.15) is 133 Å². The maximum Gasteiger partial charge on any atom is 0.408 e. The number of alkyl carbamates (subject to hydrolysis) is 2. The van der Waals surface area contributed by atoms with Crippen molar-refractivity contribution >= 4 is 58.6 Å². The lowest BCUT2D eigenvalue weighted by Crippen LogP contribution is -2.47. The Morgan fingerprint density at radius 1 is 0.431 bits per heavy atom. The molecule has 6 atom stereocenters. The van der Waals surface area contributed by atoms with E-state index >= 15 is 0 Å². The number of carbonyl (C=O) groups excluding carboxylic acids is 4. The number of hydrogen-bond acceptors (Lipinski definition) is 23. The summed E-state index contributed by atoms with van der Waals surface area (Å²) in [4.78, 5) is 66.0. The number of nitrogens with one attached hydrogen (secondary N) is 2. The lowest BCUT2D eigenvalue weighted by atomic mass is 9.87. The highest BCUT2D eigenvalue weighted by Gasteiger charge is 2.38. The molecule has 0 aliphatic rings. The molecule has 0 saturated carbocycles. The van der Waals surface area contributed by atoms with Crippen molar-refractivity contribution in [3.05, 3.63) is 277 Å². The molecule has 31 heteroatoms. The van der Waals surface area contributed by atoms with Gasteiger partial charge in [-0.05, 0) is 210 Å². The molecule has 25 nitrogen and oxygen atoms in total. The number of halogens is 6. The third kappa shape index (κ3) is 27.2. The van der Waals surface area contributed by atoms with Crippen LogP contribution >= 0.6 is 34.8 Å². The Balaban J connectivity index is 0.000000233. The molecule has 0 saturated heterocycles. The fraction of sp³-hybridized carbons (Fsp3) is 0.337. The standard InChI is InChI=1S/C37H40ClFN2O8.C29H34ClFN2O6.C26H29ClFN3O4/c1-36(23-46-3,41-35(44)49-22-24-8-6-5-7-9-24)27-20-30(25-10-12-29(39)28(38)18-25)40-34(21-27)37(2,45)15-14-31(43)26-11-13-32(48-17-16-42)33(19-26)47-4;1-28(32,17-37-3)20-15-23(18-5-7-22(31)21(30)13-18)33-27(16-20)29(2,36)10-9-24(35)19-6-8-25(39-12-11-34)26(14-19)38-4;1-25(16-34-3,31-24(32)35-14-17-7-5-4-6-8-17)19-12-22(18-9-10-21(28)20(27)11-18)30-23(13-19)26(2,33)15-29/h5-13,18-21,42,45H,14-17,22-23H2,1-4H3,(H,41,44);5-8,13-16,34,36H,9-12,17,32H2,1-4H3;4-13,33H,14-16,29H2,1-3H3,(H,31,32). The zero-order valence-electron chi connectivity index (χ0n) is 70.1. The lowest BCUT2D eigenvalue weighted by Gasteiger charge is -2.32. The van der Waals surface area contributed by atoms with Gasteiger partial charge in [-0.15, -0.1) is 0 Å². The van der Waals surface area contributed by atoms with E-state index in [1.54, 1.807) is 100 Å². The van der Waals surface area contributed by atoms with Crippen LogP contribution < -0.4 is 41.0 Å². The first-order chi connectivity index (χ1) is 58.4. The molecule has 6 unspecified atom stereocenters. The number of amides is 2. The molecule has 656 valence electrons. The summed E-state index contributed by atoms with van der Waals surface area (Å²) in [7, 11) is 7.43. The Morgan fingerprint density at radius 3 is 1.10 bits per heavy atom. The number of aliphatic hydroxyl groups is 5. The molecule has 0 spiro atoms. The normalized spacial score (nSPS) is 14.1. The summed E-state index contributed by atoms with van der Waals surface area (Å²) in [5.41, 5.74) is 12.1. The van der Waals surface area contributed by atoms with Crippen molar-refractivity contribution in [3.8, 4) is 56.8 Å². The minimum Gasteiger partial charge on any atom is -0.493 e. The van der Waals surface area contributed by atoms with E-state index < -0.39 is 63.1 Å². The second kappa shape index (κ2) is 44.6. The largest absolute Gasteiger partial charge is 0.493 e. The fourth-order valence-corrected chi connectivity index (χ4v) is 13.2. The molecule has 3 aromatic heterocycles. The van der Waals surface area contributed by atoms with Crippen LogP contribution in [0.5, 0.6) is 23.0 Å². The van der Waals surface area contributed by atoms with Crippen LogP contribution in [-0.4, -0.2) is 153 Å². The van der Waals surface area contributed by atoms with Gasteiger partial charge in [0.25, 0.3) is 0 Å². The van der Waals surface area contributed by atoms with E-state index in [0.717, 1.165) is 11.1 Å². The average Bonchev–Trinajstić information content (AvgIpc) is 0.780. The van der Waals surface area contributed by atoms with E-state index in [1.165, 1.54) is 104 Å². The molecule has 0 aliphatic carbocycles. The molecule has 11 N–H and O–H groups in total. The van der Waals surface area contributed by atoms with Gasteiger partial charge in [0.1, 0.15) is 60.7 Å². The van der Waals surface area contributed by atoms with Gasteiger partial charge >= 0.3 is 12.2 Å². The number of nitrogens with two attached hydrogens (primary N) is 2. The second-order valence-electron chi connectivity index (χ2n) is 30.3. The fourth-order valence-electron chi connectivity index (χ4n) is 12.7. The summed E-state index contributed by atoms with van der Waals surface area (Å²) in [5.74, 6) is -0.731. The van der Waals surface area contributed by atoms with Crippen molar-refractivity contribution < 1.29 is 101 Å². The van der Waals surface area contributed by atoms with Crippen molar-refractivity contribution in [3.63, 3.8) is 0 Å². The van der Waals surface area contributed by atoms with Crippen molar-refractivity contribution in [2.24, 2.45) is 11.5 Å². The van der Waals surface area contributed by atoms with Crippen LogP contribution in [0.4, 0.5) is 22.8 Å². The molecule has 0 radical (unpaired) electrons. The van der Waals surface area contributed by atoms with E-state index in [4.69, 9.17) is 104 Å². The second-order valence-corrected chi connectivity index (χ2v) is 31.5. The Labute approximate surface area is 727 Å². The minimum atomic E-state index is -1.64. The first-order valence-electron chi connectivity index (χ1n) is 38.8. The van der Waals surface area contributed by atoms with Crippen LogP contribution in [0, 0.1) is 17.5 Å². The van der Waals surface area contributed by atoms with Crippen molar-refractivity contribution in [1.29, 1.82) is 0 Å². The van der Waals surface area contributed by atoms with Gasteiger partial charge in [0.15, 0.2) is 34.6 Å². The number of pyridine rings is 3. The quantitative estimate of drug-likeness (QED) is 0.0162. The van der Waals surface area contributed by atoms with E-state index in [0.29, 0.717) is 90.3 Å². The highest BCUT2D eigenvalue weighted by atomic mass is 35.5. The zero-order valence-corrected chi connectivity index (χ0v) is 72.4. The zero-order chi connectivity index (χ0) is 90.0. The molecule has 2 amide bonds. The molecule has 3 heterocycles. The number of nitrogens with zero attached hydrogens (tertiary/aromatic N) is 3. The Bertz CT molecular complexity index is 5250. The average molecular weight is 1760 g/mol. The number of hydrogen-bond donors (Lipinski definition) is 9. The van der Waals surface area contributed by atoms with E-state index in [9.17, 15) is 47.7 Å². The summed E-state index contributed by atoms with van der Waals surface area (Å²) >= 11 is 18.1. The number of aromatic nitrogens is 3. The van der Waals surface area contributed by atoms with Crippen LogP contribution in [0.15, 0.2) is 188 Å². The van der Waals surface area contributed by atoms with E-state index in [1.807, 2.05) is 60.7 Å². The SMILES string of the molecule is COCC(C)(N)c1cc(-c2ccc(F)c(Cl)c2)nc(C(C)(O)CCC(=O)c2ccc(OCCO)c(OC)c2)c1.COCC(C)(NC(=O)OCc1ccccc1)c1cc(-c2ccc(F)c(Cl)c2)nc(C(C)(O)CCC(=O)c2ccc(OCCO)c(OC)c2)c1.COCC(C)(NC(=O)OCc1ccccc1)c1cc(-c2ccc(F)c(Cl)c2)nc(C(C)(O)CN)c1. The predicted molar refractivity (Wildman–Crippen MR) is 461 cm³/mol. The highest BCUT2D eigenvalue weighted by molar-refractivity contribution is 6.31. The smallest absolute Gasteiger partial charge is 0.408 e. The van der Waals surface area contributed by atoms with Gasteiger partial charge in [-0.2, -0.15) is 0 Å². The van der Waals surface area contributed by atoms with E-state index in [2.05, 4.69) is 20.6 Å². The van der Waals surface area contributed by atoms with Crippen LogP contribution in [0.3, 0.4) is 0 Å². The molecule has 0 bridgehead atoms. The van der Waals surface area contributed by atoms with Gasteiger partial charge in [0.2, 0.25) is 0 Å². The van der Waals surface area contributed by atoms with Crippen molar-refractivity contribution in [2.75, 3.05) is 88.3 Å². The molecule has 10 aromatic rings. The molecule has 0 aliphatic heterocycles. The first-order valence-corrected chi connectivity index (χ1v) is 40.0. The van der Waals surface area contributed by atoms with Gasteiger partial charge in [0, 0.05) is 68.5 Å². The number of benzene rings is 7. The van der Waals surface area contributed by atoms with Gasteiger partial charge < -0.3 is 90.3 Å².